The summed E-state index contributed by atoms with van der Waals surface area (Å²) in [6.45, 7) is 4.87. The predicted molar refractivity (Wildman–Crippen MR) is 95.5 cm³/mol. The maximum Gasteiger partial charge on any atom is 0.187 e. The second-order valence-electron chi connectivity index (χ2n) is 7.91. The van der Waals surface area contributed by atoms with E-state index in [1.54, 1.807) is 13.0 Å². The molecule has 8 nitrogen and oxygen atoms in total. The molecule has 0 bridgehead atoms. The van der Waals surface area contributed by atoms with E-state index in [0.717, 1.165) is 0 Å². The molecule has 1 fully saturated rings. The number of aliphatic hydroxyl groups is 5. The Morgan fingerprint density at radius 1 is 1.26 bits per heavy atom. The lowest BCUT2D eigenvalue weighted by atomic mass is 9.68. The molecular weight excluding hydrogens is 356 g/mol. The van der Waals surface area contributed by atoms with Crippen LogP contribution in [0.1, 0.15) is 27.2 Å². The van der Waals surface area contributed by atoms with E-state index in [1.807, 2.05) is 19.9 Å². The van der Waals surface area contributed by atoms with Crippen LogP contribution in [-0.4, -0.2) is 81.3 Å². The average Bonchev–Trinajstić information content (AvgIpc) is 2.59. The van der Waals surface area contributed by atoms with Crippen LogP contribution in [0.15, 0.2) is 23.8 Å². The highest BCUT2D eigenvalue weighted by Crippen LogP contribution is 2.40. The van der Waals surface area contributed by atoms with Crippen molar-refractivity contribution in [1.82, 2.24) is 0 Å². The highest BCUT2D eigenvalue weighted by molar-refractivity contribution is 5.92. The van der Waals surface area contributed by atoms with Crippen LogP contribution in [0.5, 0.6) is 0 Å². The van der Waals surface area contributed by atoms with Crippen molar-refractivity contribution in [2.45, 2.75) is 64.0 Å². The molecule has 0 aromatic rings. The van der Waals surface area contributed by atoms with Crippen LogP contribution in [-0.2, 0) is 14.3 Å². The first kappa shape index (κ1) is 22.2. The van der Waals surface area contributed by atoms with Gasteiger partial charge in [0.2, 0.25) is 0 Å². The lowest BCUT2D eigenvalue weighted by Gasteiger charge is -2.40. The third-order valence-electron chi connectivity index (χ3n) is 5.17. The summed E-state index contributed by atoms with van der Waals surface area (Å²) in [6, 6.07) is 0. The molecule has 0 aromatic heterocycles. The molecule has 0 spiro atoms. The van der Waals surface area contributed by atoms with E-state index in [2.05, 4.69) is 0 Å². The van der Waals surface area contributed by atoms with Crippen LogP contribution < -0.4 is 0 Å². The van der Waals surface area contributed by atoms with E-state index in [9.17, 15) is 30.3 Å². The first-order valence-corrected chi connectivity index (χ1v) is 9.09. The van der Waals surface area contributed by atoms with Crippen LogP contribution >= 0.6 is 0 Å². The zero-order valence-electron chi connectivity index (χ0n) is 15.9. The normalized spacial score (nSPS) is 38.1. The van der Waals surface area contributed by atoms with Crippen molar-refractivity contribution in [3.05, 3.63) is 23.8 Å². The number of aliphatic hydroxyl groups excluding tert-OH is 5. The molecule has 1 aliphatic carbocycles. The van der Waals surface area contributed by atoms with Crippen LogP contribution in [0.4, 0.5) is 0 Å². The molecule has 2 aliphatic rings. The molecule has 1 aliphatic heterocycles. The van der Waals surface area contributed by atoms with Gasteiger partial charge in [0.05, 0.1) is 19.3 Å². The minimum absolute atomic E-state index is 0.0145. The second-order valence-corrected chi connectivity index (χ2v) is 7.91. The Morgan fingerprint density at radius 3 is 2.52 bits per heavy atom. The van der Waals surface area contributed by atoms with Crippen molar-refractivity contribution >= 4 is 5.78 Å². The molecule has 27 heavy (non-hydrogen) atoms. The molecule has 7 atom stereocenters. The fourth-order valence-electron chi connectivity index (χ4n) is 3.64. The fraction of sp³-hybridized carbons (Fsp3) is 0.737. The summed E-state index contributed by atoms with van der Waals surface area (Å²) >= 11 is 0. The van der Waals surface area contributed by atoms with Crippen molar-refractivity contribution in [2.75, 3.05) is 13.2 Å². The molecule has 0 amide bonds. The van der Waals surface area contributed by atoms with Gasteiger partial charge in [-0.1, -0.05) is 26.0 Å². The van der Waals surface area contributed by atoms with Gasteiger partial charge in [0, 0.05) is 12.3 Å². The summed E-state index contributed by atoms with van der Waals surface area (Å²) in [6.07, 6.45) is -1.74. The molecule has 5 N–H and O–H groups in total. The summed E-state index contributed by atoms with van der Waals surface area (Å²) in [4.78, 5) is 11.8. The Bertz CT molecular complexity index is 582. The van der Waals surface area contributed by atoms with Crippen LogP contribution in [0.25, 0.3) is 0 Å². The third-order valence-corrected chi connectivity index (χ3v) is 5.17. The maximum absolute atomic E-state index is 11.8. The molecule has 8 heteroatoms. The highest BCUT2D eigenvalue weighted by Gasteiger charge is 2.44. The van der Waals surface area contributed by atoms with Gasteiger partial charge in [-0.25, -0.2) is 0 Å². The lowest BCUT2D eigenvalue weighted by molar-refractivity contribution is -0.306. The van der Waals surface area contributed by atoms with Gasteiger partial charge in [-0.2, -0.15) is 0 Å². The Balaban J connectivity index is 2.06. The van der Waals surface area contributed by atoms with Gasteiger partial charge in [0.1, 0.15) is 24.4 Å². The molecule has 154 valence electrons. The Labute approximate surface area is 158 Å². The van der Waals surface area contributed by atoms with Crippen molar-refractivity contribution in [3.63, 3.8) is 0 Å². The predicted octanol–water partition coefficient (Wildman–Crippen LogP) is -0.718. The molecule has 0 saturated carbocycles. The Hall–Kier alpha value is -1.13. The van der Waals surface area contributed by atoms with Crippen molar-refractivity contribution < 1.29 is 39.8 Å². The molecule has 1 saturated heterocycles. The van der Waals surface area contributed by atoms with Gasteiger partial charge in [-0.3, -0.25) is 4.79 Å². The number of carbonyl (C=O) groups excluding carboxylic acids is 1. The van der Waals surface area contributed by atoms with Crippen LogP contribution in [0, 0.1) is 11.3 Å². The smallest absolute Gasteiger partial charge is 0.187 e. The van der Waals surface area contributed by atoms with Crippen molar-refractivity contribution in [2.24, 2.45) is 11.3 Å². The standard InChI is InChI=1S/C19H30O8/c1-10(26-18-17(25)16(24)15(23)14(9-21)27-18)4-5-13-11(8-20)6-12(22)7-19(13,2)3/h4-6,10,13-18,20-21,23-25H,7-9H2,1-3H3/t10-,13-,14+,15+,16-,17+,18+/m0/s1. The zero-order chi connectivity index (χ0) is 20.4. The number of ether oxygens (including phenoxy) is 2. The maximum atomic E-state index is 11.8. The minimum Gasteiger partial charge on any atom is -0.394 e. The summed E-state index contributed by atoms with van der Waals surface area (Å²) in [5.74, 6) is -0.166. The van der Waals surface area contributed by atoms with E-state index < -0.39 is 43.4 Å². The van der Waals surface area contributed by atoms with Crippen molar-refractivity contribution in [1.29, 1.82) is 0 Å². The number of allylic oxidation sites excluding steroid dienone is 2. The fourth-order valence-corrected chi connectivity index (χ4v) is 3.64. The van der Waals surface area contributed by atoms with E-state index in [4.69, 9.17) is 9.47 Å². The van der Waals surface area contributed by atoms with Gasteiger partial charge in [-0.05, 0) is 24.0 Å². The van der Waals surface area contributed by atoms with E-state index in [1.165, 1.54) is 6.08 Å². The molecule has 2 rings (SSSR count). The SMILES string of the molecule is C[C@@H](C=C[C@H]1C(CO)=CC(=O)CC1(C)C)O[C@@H]1O[C@H](CO)[C@@H](O)[C@H](O)[C@H]1O. The first-order chi connectivity index (χ1) is 12.6. The van der Waals surface area contributed by atoms with Gasteiger partial charge >= 0.3 is 0 Å². The van der Waals surface area contributed by atoms with Crippen LogP contribution in [0.2, 0.25) is 0 Å². The Morgan fingerprint density at radius 2 is 1.93 bits per heavy atom. The topological polar surface area (TPSA) is 137 Å². The summed E-state index contributed by atoms with van der Waals surface area (Å²) in [5.41, 5.74) is 0.274. The van der Waals surface area contributed by atoms with E-state index in [0.29, 0.717) is 12.0 Å². The van der Waals surface area contributed by atoms with Gasteiger partial charge in [-0.15, -0.1) is 0 Å². The van der Waals surface area contributed by atoms with Gasteiger partial charge in [0.25, 0.3) is 0 Å². The van der Waals surface area contributed by atoms with Gasteiger partial charge in [0.15, 0.2) is 12.1 Å². The van der Waals surface area contributed by atoms with E-state index in [-0.39, 0.29) is 23.7 Å². The number of rotatable bonds is 6. The summed E-state index contributed by atoms with van der Waals surface area (Å²) in [7, 11) is 0. The number of ketones is 1. The first-order valence-electron chi connectivity index (χ1n) is 9.09. The molecule has 1 heterocycles. The number of hydrogen-bond acceptors (Lipinski definition) is 8. The largest absolute Gasteiger partial charge is 0.394 e. The Kier molecular flexibility index (Phi) is 7.32. The lowest BCUT2D eigenvalue weighted by Crippen LogP contribution is -2.59. The molecular formula is C19H30O8. The summed E-state index contributed by atoms with van der Waals surface area (Å²) < 4.78 is 10.9. The summed E-state index contributed by atoms with van der Waals surface area (Å²) in [5, 5.41) is 48.4. The second kappa shape index (κ2) is 8.91. The minimum atomic E-state index is -1.50. The molecule has 0 radical (unpaired) electrons. The highest BCUT2D eigenvalue weighted by atomic mass is 16.7. The quantitative estimate of drug-likeness (QED) is 0.377. The van der Waals surface area contributed by atoms with E-state index >= 15 is 0 Å². The third kappa shape index (κ3) is 5.03. The average molecular weight is 386 g/mol. The molecule has 0 aromatic carbocycles. The van der Waals surface area contributed by atoms with Crippen molar-refractivity contribution in [3.8, 4) is 0 Å². The van der Waals surface area contributed by atoms with Gasteiger partial charge < -0.3 is 35.0 Å². The monoisotopic (exact) mass is 386 g/mol. The zero-order valence-corrected chi connectivity index (χ0v) is 15.9. The number of carbonyl (C=O) groups is 1. The number of hydrogen-bond donors (Lipinski definition) is 5. The van der Waals surface area contributed by atoms with Crippen LogP contribution in [0.3, 0.4) is 0 Å². The molecule has 0 unspecified atom stereocenters.